The van der Waals surface area contributed by atoms with Crippen LogP contribution in [-0.4, -0.2) is 21.0 Å². The predicted octanol–water partition coefficient (Wildman–Crippen LogP) is 3.29. The summed E-state index contributed by atoms with van der Waals surface area (Å²) >= 11 is 7.06. The summed E-state index contributed by atoms with van der Waals surface area (Å²) in [5.41, 5.74) is 1.01. The SMILES string of the molecule is Cc1ccnc(Sc2cc(Cl)ccc2C(=O)O)n1. The van der Waals surface area contributed by atoms with Gasteiger partial charge in [0.1, 0.15) is 0 Å². The first-order valence-electron chi connectivity index (χ1n) is 5.06. The second-order valence-electron chi connectivity index (χ2n) is 3.53. The molecule has 4 nitrogen and oxygen atoms in total. The molecule has 2 aromatic rings. The molecule has 18 heavy (non-hydrogen) atoms. The number of carboxylic acids is 1. The molecule has 0 saturated carbocycles. The Balaban J connectivity index is 2.39. The Morgan fingerprint density at radius 2 is 2.17 bits per heavy atom. The number of rotatable bonds is 3. The van der Waals surface area contributed by atoms with Crippen LogP contribution in [0.2, 0.25) is 5.02 Å². The molecule has 2 rings (SSSR count). The lowest BCUT2D eigenvalue weighted by Gasteiger charge is -2.05. The number of carbonyl (C=O) groups is 1. The molecule has 0 amide bonds. The lowest BCUT2D eigenvalue weighted by atomic mass is 10.2. The summed E-state index contributed by atoms with van der Waals surface area (Å²) in [5, 5.41) is 10.1. The number of benzene rings is 1. The van der Waals surface area contributed by atoms with Gasteiger partial charge in [-0.1, -0.05) is 11.6 Å². The molecule has 0 radical (unpaired) electrons. The largest absolute Gasteiger partial charge is 0.478 e. The lowest BCUT2D eigenvalue weighted by Crippen LogP contribution is -1.99. The number of hydrogen-bond acceptors (Lipinski definition) is 4. The molecule has 0 atom stereocenters. The van der Waals surface area contributed by atoms with Crippen molar-refractivity contribution in [3.05, 3.63) is 46.7 Å². The van der Waals surface area contributed by atoms with Gasteiger partial charge in [0.2, 0.25) is 0 Å². The van der Waals surface area contributed by atoms with Gasteiger partial charge in [-0.3, -0.25) is 0 Å². The molecule has 1 aromatic heterocycles. The van der Waals surface area contributed by atoms with Gasteiger partial charge in [0.15, 0.2) is 5.16 Å². The lowest BCUT2D eigenvalue weighted by molar-refractivity contribution is 0.0693. The molecule has 0 bridgehead atoms. The van der Waals surface area contributed by atoms with E-state index in [4.69, 9.17) is 16.7 Å². The van der Waals surface area contributed by atoms with Gasteiger partial charge in [-0.15, -0.1) is 0 Å². The molecule has 0 spiro atoms. The zero-order valence-corrected chi connectivity index (χ0v) is 11.0. The highest BCUT2D eigenvalue weighted by Crippen LogP contribution is 2.30. The molecule has 0 aliphatic carbocycles. The number of halogens is 1. The van der Waals surface area contributed by atoms with Gasteiger partial charge in [-0.05, 0) is 43.0 Å². The number of aromatic nitrogens is 2. The summed E-state index contributed by atoms with van der Waals surface area (Å²) in [7, 11) is 0. The van der Waals surface area contributed by atoms with Crippen LogP contribution < -0.4 is 0 Å². The van der Waals surface area contributed by atoms with Crippen LogP contribution in [0.4, 0.5) is 0 Å². The van der Waals surface area contributed by atoms with E-state index in [1.54, 1.807) is 24.4 Å². The Morgan fingerprint density at radius 1 is 1.39 bits per heavy atom. The van der Waals surface area contributed by atoms with Crippen molar-refractivity contribution in [2.45, 2.75) is 17.0 Å². The number of carboxylic acid groups (broad SMARTS) is 1. The fourth-order valence-corrected chi connectivity index (χ4v) is 2.52. The van der Waals surface area contributed by atoms with Crippen molar-refractivity contribution in [1.82, 2.24) is 9.97 Å². The number of aryl methyl sites for hydroxylation is 1. The van der Waals surface area contributed by atoms with E-state index >= 15 is 0 Å². The van der Waals surface area contributed by atoms with Crippen LogP contribution in [0.1, 0.15) is 16.1 Å². The molecule has 6 heteroatoms. The maximum Gasteiger partial charge on any atom is 0.336 e. The third-order valence-corrected chi connectivity index (χ3v) is 3.32. The first-order chi connectivity index (χ1) is 8.56. The highest BCUT2D eigenvalue weighted by Gasteiger charge is 2.13. The van der Waals surface area contributed by atoms with Gasteiger partial charge in [0, 0.05) is 21.8 Å². The van der Waals surface area contributed by atoms with Crippen molar-refractivity contribution in [3.8, 4) is 0 Å². The van der Waals surface area contributed by atoms with E-state index in [9.17, 15) is 4.79 Å². The van der Waals surface area contributed by atoms with Crippen molar-refractivity contribution in [3.63, 3.8) is 0 Å². The minimum atomic E-state index is -0.998. The van der Waals surface area contributed by atoms with Crippen molar-refractivity contribution in [2.24, 2.45) is 0 Å². The standard InChI is InChI=1S/C12H9ClN2O2S/c1-7-4-5-14-12(15-7)18-10-6-8(13)2-3-9(10)11(16)17/h2-6H,1H3,(H,16,17). The molecule has 0 unspecified atom stereocenters. The fourth-order valence-electron chi connectivity index (χ4n) is 1.33. The van der Waals surface area contributed by atoms with E-state index in [0.717, 1.165) is 5.69 Å². The van der Waals surface area contributed by atoms with Crippen molar-refractivity contribution in [2.75, 3.05) is 0 Å². The van der Waals surface area contributed by atoms with Gasteiger partial charge < -0.3 is 5.11 Å². The van der Waals surface area contributed by atoms with Crippen LogP contribution in [0, 0.1) is 6.92 Å². The van der Waals surface area contributed by atoms with Gasteiger partial charge in [-0.25, -0.2) is 14.8 Å². The number of nitrogens with zero attached hydrogens (tertiary/aromatic N) is 2. The smallest absolute Gasteiger partial charge is 0.336 e. The molecular formula is C12H9ClN2O2S. The van der Waals surface area contributed by atoms with Crippen LogP contribution >= 0.6 is 23.4 Å². The summed E-state index contributed by atoms with van der Waals surface area (Å²) in [6.45, 7) is 1.85. The van der Waals surface area contributed by atoms with Crippen LogP contribution in [-0.2, 0) is 0 Å². The van der Waals surface area contributed by atoms with Gasteiger partial charge in [0.05, 0.1) is 5.56 Å². The highest BCUT2D eigenvalue weighted by molar-refractivity contribution is 7.99. The van der Waals surface area contributed by atoms with E-state index in [2.05, 4.69) is 9.97 Å². The normalized spacial score (nSPS) is 10.3. The third kappa shape index (κ3) is 3.00. The molecular weight excluding hydrogens is 272 g/mol. The summed E-state index contributed by atoms with van der Waals surface area (Å²) < 4.78 is 0. The summed E-state index contributed by atoms with van der Waals surface area (Å²) in [6, 6.07) is 6.40. The fraction of sp³-hybridized carbons (Fsp3) is 0.0833. The monoisotopic (exact) mass is 280 g/mol. The second kappa shape index (κ2) is 5.37. The molecule has 0 aliphatic rings. The minimum Gasteiger partial charge on any atom is -0.478 e. The van der Waals surface area contributed by atoms with Crippen molar-refractivity contribution >= 4 is 29.3 Å². The molecule has 0 saturated heterocycles. The van der Waals surface area contributed by atoms with Crippen LogP contribution in [0.15, 0.2) is 40.5 Å². The zero-order valence-electron chi connectivity index (χ0n) is 9.42. The van der Waals surface area contributed by atoms with E-state index in [-0.39, 0.29) is 5.56 Å². The Bertz CT molecular complexity index is 604. The molecule has 1 N–H and O–H groups in total. The second-order valence-corrected chi connectivity index (χ2v) is 4.97. The average Bonchev–Trinajstić information content (AvgIpc) is 2.28. The van der Waals surface area contributed by atoms with E-state index in [0.29, 0.717) is 15.1 Å². The number of hydrogen-bond donors (Lipinski definition) is 1. The van der Waals surface area contributed by atoms with E-state index < -0.39 is 5.97 Å². The summed E-state index contributed by atoms with van der Waals surface area (Å²) in [5.74, 6) is -0.998. The minimum absolute atomic E-state index is 0.189. The quantitative estimate of drug-likeness (QED) is 0.874. The van der Waals surface area contributed by atoms with Crippen LogP contribution in [0.3, 0.4) is 0 Å². The van der Waals surface area contributed by atoms with Crippen LogP contribution in [0.5, 0.6) is 0 Å². The first kappa shape index (κ1) is 12.9. The topological polar surface area (TPSA) is 63.1 Å². The molecule has 0 aliphatic heterocycles. The Hall–Kier alpha value is -1.59. The van der Waals surface area contributed by atoms with E-state index in [1.165, 1.54) is 17.8 Å². The van der Waals surface area contributed by atoms with Crippen molar-refractivity contribution < 1.29 is 9.90 Å². The first-order valence-corrected chi connectivity index (χ1v) is 6.26. The maximum atomic E-state index is 11.1. The molecule has 92 valence electrons. The summed E-state index contributed by atoms with van der Waals surface area (Å²) in [4.78, 5) is 19.9. The zero-order chi connectivity index (χ0) is 13.1. The molecule has 1 aromatic carbocycles. The Kier molecular flexibility index (Phi) is 3.84. The highest BCUT2D eigenvalue weighted by atomic mass is 35.5. The third-order valence-electron chi connectivity index (χ3n) is 2.15. The van der Waals surface area contributed by atoms with Gasteiger partial charge in [-0.2, -0.15) is 0 Å². The number of aromatic carboxylic acids is 1. The maximum absolute atomic E-state index is 11.1. The molecule has 0 fully saturated rings. The Morgan fingerprint density at radius 3 is 2.83 bits per heavy atom. The van der Waals surface area contributed by atoms with Crippen molar-refractivity contribution in [1.29, 1.82) is 0 Å². The predicted molar refractivity (Wildman–Crippen MR) is 69.3 cm³/mol. The molecule has 1 heterocycles. The summed E-state index contributed by atoms with van der Waals surface area (Å²) in [6.07, 6.45) is 1.63. The van der Waals surface area contributed by atoms with Crippen LogP contribution in [0.25, 0.3) is 0 Å². The Labute approximate surface area is 113 Å². The van der Waals surface area contributed by atoms with Gasteiger partial charge in [0.25, 0.3) is 0 Å². The average molecular weight is 281 g/mol. The van der Waals surface area contributed by atoms with Gasteiger partial charge >= 0.3 is 5.97 Å². The van der Waals surface area contributed by atoms with E-state index in [1.807, 2.05) is 6.92 Å².